The number of nitrogens with one attached hydrogen (secondary N) is 1. The van der Waals surface area contributed by atoms with Gasteiger partial charge in [-0.1, -0.05) is 19.9 Å². The Morgan fingerprint density at radius 2 is 1.91 bits per heavy atom. The van der Waals surface area contributed by atoms with Gasteiger partial charge in [0.2, 0.25) is 0 Å². The Balaban J connectivity index is 1.99. The number of benzene rings is 1. The van der Waals surface area contributed by atoms with E-state index < -0.39 is 0 Å². The van der Waals surface area contributed by atoms with Gasteiger partial charge in [-0.15, -0.1) is 0 Å². The number of ether oxygens (including phenoxy) is 3. The molecular formula is C18H29NO4. The number of rotatable bonds is 13. The van der Waals surface area contributed by atoms with Crippen LogP contribution in [0.5, 0.6) is 5.75 Å². The van der Waals surface area contributed by atoms with Crippen LogP contribution in [0.3, 0.4) is 0 Å². The van der Waals surface area contributed by atoms with Gasteiger partial charge in [0.15, 0.2) is 5.78 Å². The molecular weight excluding hydrogens is 294 g/mol. The lowest BCUT2D eigenvalue weighted by Gasteiger charge is -2.09. The molecule has 23 heavy (non-hydrogen) atoms. The molecule has 130 valence electrons. The summed E-state index contributed by atoms with van der Waals surface area (Å²) in [5.41, 5.74) is 1.05. The molecule has 0 amide bonds. The predicted octanol–water partition coefficient (Wildman–Crippen LogP) is 3.15. The zero-order valence-corrected chi connectivity index (χ0v) is 14.5. The van der Waals surface area contributed by atoms with Crippen LogP contribution in [0.15, 0.2) is 24.3 Å². The molecule has 0 unspecified atom stereocenters. The van der Waals surface area contributed by atoms with Crippen molar-refractivity contribution >= 4 is 11.5 Å². The van der Waals surface area contributed by atoms with Crippen LogP contribution in [-0.2, 0) is 14.3 Å². The quantitative estimate of drug-likeness (QED) is 0.565. The van der Waals surface area contributed by atoms with Crippen molar-refractivity contribution in [3.8, 4) is 5.75 Å². The first kappa shape index (κ1) is 19.5. The first-order chi connectivity index (χ1) is 11.1. The zero-order chi connectivity index (χ0) is 16.9. The third kappa shape index (κ3) is 9.21. The van der Waals surface area contributed by atoms with Crippen molar-refractivity contribution in [1.82, 2.24) is 0 Å². The van der Waals surface area contributed by atoms with Crippen LogP contribution in [0.25, 0.3) is 0 Å². The maximum atomic E-state index is 11.3. The van der Waals surface area contributed by atoms with Crippen LogP contribution in [0.2, 0.25) is 0 Å². The molecule has 1 aromatic carbocycles. The van der Waals surface area contributed by atoms with Gasteiger partial charge >= 0.3 is 0 Å². The van der Waals surface area contributed by atoms with Gasteiger partial charge in [-0.25, -0.2) is 0 Å². The number of carbonyl (C=O) groups excluding carboxylic acids is 1. The standard InChI is InChI=1S/C18H29NO4/c1-4-19-16-7-5-8-17(13-16)23-12-11-21-9-6-10-22-14-18(20)15(2)3/h5,7-8,13,15,19H,4,6,9-12,14H2,1-3H3. The Labute approximate surface area is 139 Å². The van der Waals surface area contributed by atoms with E-state index in [4.69, 9.17) is 14.2 Å². The van der Waals surface area contributed by atoms with Crippen LogP contribution in [0.4, 0.5) is 5.69 Å². The van der Waals surface area contributed by atoms with Crippen LogP contribution < -0.4 is 10.1 Å². The lowest BCUT2D eigenvalue weighted by molar-refractivity contribution is -0.126. The molecule has 0 spiro atoms. The number of hydrogen-bond donors (Lipinski definition) is 1. The van der Waals surface area contributed by atoms with E-state index in [1.54, 1.807) is 0 Å². The highest BCUT2D eigenvalue weighted by Gasteiger charge is 2.06. The molecule has 0 atom stereocenters. The van der Waals surface area contributed by atoms with E-state index in [9.17, 15) is 4.79 Å². The van der Waals surface area contributed by atoms with E-state index in [1.165, 1.54) is 0 Å². The fraction of sp³-hybridized carbons (Fsp3) is 0.611. The Morgan fingerprint density at radius 1 is 1.13 bits per heavy atom. The lowest BCUT2D eigenvalue weighted by atomic mass is 10.1. The normalized spacial score (nSPS) is 10.8. The summed E-state index contributed by atoms with van der Waals surface area (Å²) in [7, 11) is 0. The molecule has 0 saturated carbocycles. The van der Waals surface area contributed by atoms with Crippen molar-refractivity contribution < 1.29 is 19.0 Å². The number of anilines is 1. The van der Waals surface area contributed by atoms with Crippen LogP contribution in [0, 0.1) is 5.92 Å². The average Bonchev–Trinajstić information content (AvgIpc) is 2.53. The zero-order valence-electron chi connectivity index (χ0n) is 14.5. The number of Topliss-reactive ketones (excluding diaryl/α,β-unsaturated/α-hetero) is 1. The largest absolute Gasteiger partial charge is 0.491 e. The first-order valence-corrected chi connectivity index (χ1v) is 8.28. The van der Waals surface area contributed by atoms with Gasteiger partial charge in [-0.2, -0.15) is 0 Å². The van der Waals surface area contributed by atoms with Gasteiger partial charge in [0, 0.05) is 37.4 Å². The SMILES string of the molecule is CCNc1cccc(OCCOCCCOCC(=O)C(C)C)c1. The Morgan fingerprint density at radius 3 is 2.65 bits per heavy atom. The molecule has 0 aliphatic rings. The highest BCUT2D eigenvalue weighted by Crippen LogP contribution is 2.16. The summed E-state index contributed by atoms with van der Waals surface area (Å²) in [6, 6.07) is 7.88. The molecule has 0 radical (unpaired) electrons. The van der Waals surface area contributed by atoms with Gasteiger partial charge in [-0.05, 0) is 25.5 Å². The fourth-order valence-electron chi connectivity index (χ4n) is 1.82. The number of hydrogen-bond acceptors (Lipinski definition) is 5. The molecule has 1 aromatic rings. The minimum Gasteiger partial charge on any atom is -0.491 e. The van der Waals surface area contributed by atoms with E-state index in [0.29, 0.717) is 26.4 Å². The van der Waals surface area contributed by atoms with Crippen molar-refractivity contribution in [1.29, 1.82) is 0 Å². The monoisotopic (exact) mass is 323 g/mol. The Bertz CT molecular complexity index is 448. The topological polar surface area (TPSA) is 56.8 Å². The second kappa shape index (κ2) is 11.9. The molecule has 5 heteroatoms. The summed E-state index contributed by atoms with van der Waals surface area (Å²) in [4.78, 5) is 11.3. The highest BCUT2D eigenvalue weighted by molar-refractivity contribution is 5.81. The van der Waals surface area contributed by atoms with E-state index in [0.717, 1.165) is 24.4 Å². The lowest BCUT2D eigenvalue weighted by Crippen LogP contribution is -2.16. The second-order valence-electron chi connectivity index (χ2n) is 5.55. The minimum absolute atomic E-state index is 0.0365. The van der Waals surface area contributed by atoms with Crippen LogP contribution >= 0.6 is 0 Å². The van der Waals surface area contributed by atoms with Crippen molar-refractivity contribution in [2.75, 3.05) is 44.9 Å². The average molecular weight is 323 g/mol. The van der Waals surface area contributed by atoms with Crippen molar-refractivity contribution in [3.63, 3.8) is 0 Å². The van der Waals surface area contributed by atoms with Crippen molar-refractivity contribution in [3.05, 3.63) is 24.3 Å². The molecule has 0 fully saturated rings. The Kier molecular flexibility index (Phi) is 10.1. The van der Waals surface area contributed by atoms with Gasteiger partial charge in [-0.3, -0.25) is 4.79 Å². The minimum atomic E-state index is 0.0365. The third-order valence-electron chi connectivity index (χ3n) is 3.18. The summed E-state index contributed by atoms with van der Waals surface area (Å²) in [6.07, 6.45) is 0.779. The second-order valence-corrected chi connectivity index (χ2v) is 5.55. The summed E-state index contributed by atoms with van der Waals surface area (Å²) >= 11 is 0. The Hall–Kier alpha value is -1.59. The van der Waals surface area contributed by atoms with Gasteiger partial charge in [0.1, 0.15) is 19.0 Å². The summed E-state index contributed by atoms with van der Waals surface area (Å²) in [6.45, 7) is 9.11. The molecule has 1 rings (SSSR count). The van der Waals surface area contributed by atoms with E-state index in [1.807, 2.05) is 38.1 Å². The summed E-state index contributed by atoms with van der Waals surface area (Å²) in [5.74, 6) is 1.01. The molecule has 0 saturated heterocycles. The molecule has 0 aromatic heterocycles. The van der Waals surface area contributed by atoms with E-state index in [2.05, 4.69) is 12.2 Å². The fourth-order valence-corrected chi connectivity index (χ4v) is 1.82. The van der Waals surface area contributed by atoms with E-state index in [-0.39, 0.29) is 18.3 Å². The molecule has 0 bridgehead atoms. The maximum Gasteiger partial charge on any atom is 0.160 e. The maximum absolute atomic E-state index is 11.3. The van der Waals surface area contributed by atoms with Crippen LogP contribution in [-0.4, -0.2) is 45.4 Å². The first-order valence-electron chi connectivity index (χ1n) is 8.28. The smallest absolute Gasteiger partial charge is 0.160 e. The van der Waals surface area contributed by atoms with Crippen molar-refractivity contribution in [2.45, 2.75) is 27.2 Å². The van der Waals surface area contributed by atoms with Gasteiger partial charge in [0.05, 0.1) is 6.61 Å². The predicted molar refractivity (Wildman–Crippen MR) is 92.2 cm³/mol. The van der Waals surface area contributed by atoms with E-state index >= 15 is 0 Å². The van der Waals surface area contributed by atoms with Crippen LogP contribution in [0.1, 0.15) is 27.2 Å². The highest BCUT2D eigenvalue weighted by atomic mass is 16.5. The summed E-state index contributed by atoms with van der Waals surface area (Å²) < 4.78 is 16.4. The van der Waals surface area contributed by atoms with Gasteiger partial charge < -0.3 is 19.5 Å². The summed E-state index contributed by atoms with van der Waals surface area (Å²) in [5, 5.41) is 3.24. The van der Waals surface area contributed by atoms with Gasteiger partial charge in [0.25, 0.3) is 0 Å². The molecule has 0 heterocycles. The van der Waals surface area contributed by atoms with Crippen molar-refractivity contribution in [2.24, 2.45) is 5.92 Å². The molecule has 5 nitrogen and oxygen atoms in total. The third-order valence-corrected chi connectivity index (χ3v) is 3.18. The molecule has 0 aliphatic heterocycles. The number of carbonyl (C=O) groups is 1. The number of ketones is 1. The molecule has 0 aliphatic carbocycles. The molecule has 1 N–H and O–H groups in total.